The summed E-state index contributed by atoms with van der Waals surface area (Å²) in [5.41, 5.74) is 6.84. The summed E-state index contributed by atoms with van der Waals surface area (Å²) in [5, 5.41) is 5.22. The van der Waals surface area contributed by atoms with Crippen LogP contribution < -0.4 is 5.73 Å². The number of benzene rings is 1. The lowest BCUT2D eigenvalue weighted by atomic mass is 10.1. The summed E-state index contributed by atoms with van der Waals surface area (Å²) in [7, 11) is 0. The Hall–Kier alpha value is -0.750. The molecule has 1 fully saturated rings. The second-order valence-electron chi connectivity index (χ2n) is 4.73. The first kappa shape index (κ1) is 14.2. The van der Waals surface area contributed by atoms with Gasteiger partial charge in [-0.2, -0.15) is 16.7 Å². The van der Waals surface area contributed by atoms with Crippen molar-refractivity contribution in [3.63, 3.8) is 0 Å². The number of hydrogen-bond donors (Lipinski definition) is 1. The zero-order valence-corrected chi connectivity index (χ0v) is 12.9. The SMILES string of the molecule is NC1CSCC1c1nc(Cc2c(Cl)cccc2Cl)no1. The quantitative estimate of drug-likeness (QED) is 0.937. The van der Waals surface area contributed by atoms with E-state index in [2.05, 4.69) is 10.1 Å². The summed E-state index contributed by atoms with van der Waals surface area (Å²) in [6, 6.07) is 5.49. The Bertz CT molecular complexity index is 599. The second kappa shape index (κ2) is 5.93. The lowest BCUT2D eigenvalue weighted by Crippen LogP contribution is -2.26. The van der Waals surface area contributed by atoms with Crippen LogP contribution >= 0.6 is 35.0 Å². The number of aromatic nitrogens is 2. The third-order valence-corrected chi connectivity index (χ3v) is 5.25. The van der Waals surface area contributed by atoms with Gasteiger partial charge in [-0.15, -0.1) is 0 Å². The molecule has 0 spiro atoms. The number of nitrogens with two attached hydrogens (primary N) is 1. The van der Waals surface area contributed by atoms with Crippen molar-refractivity contribution < 1.29 is 4.52 Å². The lowest BCUT2D eigenvalue weighted by molar-refractivity contribution is 0.349. The van der Waals surface area contributed by atoms with Crippen LogP contribution in [0.4, 0.5) is 0 Å². The molecular formula is C13H13Cl2N3OS. The number of halogens is 2. The molecule has 2 unspecified atom stereocenters. The molecule has 2 N–H and O–H groups in total. The first-order chi connectivity index (χ1) is 9.65. The first-order valence-electron chi connectivity index (χ1n) is 6.24. The fraction of sp³-hybridized carbons (Fsp3) is 0.385. The van der Waals surface area contributed by atoms with Gasteiger partial charge >= 0.3 is 0 Å². The molecule has 2 aromatic rings. The minimum atomic E-state index is 0.0807. The maximum atomic E-state index is 6.14. The molecule has 4 nitrogen and oxygen atoms in total. The van der Waals surface area contributed by atoms with E-state index in [1.165, 1.54) is 0 Å². The molecular weight excluding hydrogens is 317 g/mol. The van der Waals surface area contributed by atoms with Gasteiger partial charge in [-0.25, -0.2) is 0 Å². The van der Waals surface area contributed by atoms with Gasteiger partial charge in [0.25, 0.3) is 0 Å². The third kappa shape index (κ3) is 2.81. The fourth-order valence-corrected chi connectivity index (χ4v) is 3.99. The first-order valence-corrected chi connectivity index (χ1v) is 8.15. The molecule has 2 heterocycles. The van der Waals surface area contributed by atoms with Crippen LogP contribution in [0, 0.1) is 0 Å². The summed E-state index contributed by atoms with van der Waals surface area (Å²) >= 11 is 14.1. The Morgan fingerprint density at radius 3 is 2.70 bits per heavy atom. The van der Waals surface area contributed by atoms with Crippen molar-refractivity contribution in [2.24, 2.45) is 5.73 Å². The van der Waals surface area contributed by atoms with E-state index in [-0.39, 0.29) is 12.0 Å². The Balaban J connectivity index is 1.81. The molecule has 0 aliphatic carbocycles. The van der Waals surface area contributed by atoms with Gasteiger partial charge in [-0.05, 0) is 17.7 Å². The zero-order valence-electron chi connectivity index (χ0n) is 10.6. The van der Waals surface area contributed by atoms with Crippen LogP contribution in [0.15, 0.2) is 22.7 Å². The molecule has 0 saturated carbocycles. The summed E-state index contributed by atoms with van der Waals surface area (Å²) in [4.78, 5) is 4.43. The van der Waals surface area contributed by atoms with Crippen LogP contribution in [0.3, 0.4) is 0 Å². The van der Waals surface area contributed by atoms with E-state index in [0.29, 0.717) is 28.2 Å². The molecule has 1 aliphatic rings. The van der Waals surface area contributed by atoms with Crippen LogP contribution in [0.2, 0.25) is 10.0 Å². The molecule has 0 bridgehead atoms. The predicted octanol–water partition coefficient (Wildman–Crippen LogP) is 3.12. The van der Waals surface area contributed by atoms with Crippen LogP contribution in [0.5, 0.6) is 0 Å². The summed E-state index contributed by atoms with van der Waals surface area (Å²) in [6.45, 7) is 0. The normalized spacial score (nSPS) is 22.4. The number of nitrogens with zero attached hydrogens (tertiary/aromatic N) is 2. The maximum absolute atomic E-state index is 6.14. The van der Waals surface area contributed by atoms with Crippen molar-refractivity contribution in [3.05, 3.63) is 45.5 Å². The van der Waals surface area contributed by atoms with Crippen molar-refractivity contribution in [2.45, 2.75) is 18.4 Å². The van der Waals surface area contributed by atoms with Crippen molar-refractivity contribution in [3.8, 4) is 0 Å². The van der Waals surface area contributed by atoms with Crippen molar-refractivity contribution in [1.29, 1.82) is 0 Å². The van der Waals surface area contributed by atoms with Crippen molar-refractivity contribution in [2.75, 3.05) is 11.5 Å². The van der Waals surface area contributed by atoms with Crippen LogP contribution in [0.25, 0.3) is 0 Å². The van der Waals surface area contributed by atoms with E-state index < -0.39 is 0 Å². The fourth-order valence-electron chi connectivity index (χ4n) is 2.17. The molecule has 0 amide bonds. The number of hydrogen-bond acceptors (Lipinski definition) is 5. The Kier molecular flexibility index (Phi) is 4.21. The zero-order chi connectivity index (χ0) is 14.1. The summed E-state index contributed by atoms with van der Waals surface area (Å²) in [5.74, 6) is 3.19. The van der Waals surface area contributed by atoms with Crippen LogP contribution in [-0.4, -0.2) is 27.7 Å². The van der Waals surface area contributed by atoms with E-state index in [0.717, 1.165) is 17.1 Å². The van der Waals surface area contributed by atoms with Crippen LogP contribution in [0.1, 0.15) is 23.2 Å². The summed E-state index contributed by atoms with van der Waals surface area (Å²) < 4.78 is 5.33. The molecule has 7 heteroatoms. The highest BCUT2D eigenvalue weighted by atomic mass is 35.5. The standard InChI is InChI=1S/C13H13Cl2N3OS/c14-9-2-1-3-10(15)7(9)4-12-17-13(19-18-12)8-5-20-6-11(8)16/h1-3,8,11H,4-6,16H2. The molecule has 20 heavy (non-hydrogen) atoms. The highest BCUT2D eigenvalue weighted by Crippen LogP contribution is 2.31. The Labute approximate surface area is 131 Å². The smallest absolute Gasteiger partial charge is 0.232 e. The van der Waals surface area contributed by atoms with Gasteiger partial charge in [0.1, 0.15) is 0 Å². The molecule has 1 aliphatic heterocycles. The Morgan fingerprint density at radius 2 is 2.05 bits per heavy atom. The van der Waals surface area contributed by atoms with Crippen molar-refractivity contribution in [1.82, 2.24) is 10.1 Å². The third-order valence-electron chi connectivity index (χ3n) is 3.32. The average molecular weight is 330 g/mol. The molecule has 1 aromatic carbocycles. The lowest BCUT2D eigenvalue weighted by Gasteiger charge is -2.07. The topological polar surface area (TPSA) is 64.9 Å². The van der Waals surface area contributed by atoms with Gasteiger partial charge in [-0.1, -0.05) is 34.4 Å². The minimum absolute atomic E-state index is 0.0807. The number of rotatable bonds is 3. The summed E-state index contributed by atoms with van der Waals surface area (Å²) in [6.07, 6.45) is 0.455. The van der Waals surface area contributed by atoms with Gasteiger partial charge in [-0.3, -0.25) is 0 Å². The van der Waals surface area contributed by atoms with Gasteiger partial charge in [0, 0.05) is 34.0 Å². The molecule has 3 rings (SSSR count). The number of thioether (sulfide) groups is 1. The Morgan fingerprint density at radius 1 is 1.30 bits per heavy atom. The molecule has 106 valence electrons. The molecule has 1 saturated heterocycles. The largest absolute Gasteiger partial charge is 0.339 e. The molecule has 0 radical (unpaired) electrons. The maximum Gasteiger partial charge on any atom is 0.232 e. The van der Waals surface area contributed by atoms with Gasteiger partial charge in [0.15, 0.2) is 5.82 Å². The van der Waals surface area contributed by atoms with Gasteiger partial charge < -0.3 is 10.3 Å². The average Bonchev–Trinajstić information content (AvgIpc) is 3.02. The monoisotopic (exact) mass is 329 g/mol. The van der Waals surface area contributed by atoms with E-state index in [4.69, 9.17) is 33.5 Å². The van der Waals surface area contributed by atoms with Gasteiger partial charge in [0.05, 0.1) is 5.92 Å². The van der Waals surface area contributed by atoms with Crippen LogP contribution in [-0.2, 0) is 6.42 Å². The van der Waals surface area contributed by atoms with Gasteiger partial charge in [0.2, 0.25) is 5.89 Å². The predicted molar refractivity (Wildman–Crippen MR) is 81.6 cm³/mol. The second-order valence-corrected chi connectivity index (χ2v) is 6.62. The molecule has 1 aromatic heterocycles. The van der Waals surface area contributed by atoms with Crippen molar-refractivity contribution >= 4 is 35.0 Å². The minimum Gasteiger partial charge on any atom is -0.339 e. The highest BCUT2D eigenvalue weighted by molar-refractivity contribution is 7.99. The van der Waals surface area contributed by atoms with E-state index in [1.54, 1.807) is 12.1 Å². The van der Waals surface area contributed by atoms with E-state index >= 15 is 0 Å². The van der Waals surface area contributed by atoms with E-state index in [1.807, 2.05) is 17.8 Å². The highest BCUT2D eigenvalue weighted by Gasteiger charge is 2.30. The van der Waals surface area contributed by atoms with E-state index in [9.17, 15) is 0 Å². The molecule has 2 atom stereocenters.